The zero-order valence-corrected chi connectivity index (χ0v) is 28.6. The van der Waals surface area contributed by atoms with E-state index in [1.165, 1.54) is 37.9 Å². The Bertz CT molecular complexity index is 1710. The molecule has 2 aliphatic heterocycles. The highest BCUT2D eigenvalue weighted by atomic mass is 79.9. The molecular formula is C30H40BrN10O2P. The number of aryl methyl sites for hydroxylation is 1. The quantitative estimate of drug-likeness (QED) is 0.242. The minimum absolute atomic E-state index is 0.397. The van der Waals surface area contributed by atoms with Gasteiger partial charge in [0.1, 0.15) is 25.0 Å². The van der Waals surface area contributed by atoms with E-state index in [0.29, 0.717) is 45.0 Å². The Morgan fingerprint density at radius 2 is 1.84 bits per heavy atom. The number of piperidine rings is 1. The number of benzene rings is 1. The lowest BCUT2D eigenvalue weighted by atomic mass is 9.96. The van der Waals surface area contributed by atoms with Gasteiger partial charge >= 0.3 is 0 Å². The summed E-state index contributed by atoms with van der Waals surface area (Å²) in [5.74, 6) is 1.65. The number of methoxy groups -OCH3 is 1. The van der Waals surface area contributed by atoms with Crippen LogP contribution in [0.25, 0.3) is 5.65 Å². The van der Waals surface area contributed by atoms with Crippen LogP contribution < -0.4 is 25.6 Å². The van der Waals surface area contributed by atoms with Crippen LogP contribution in [-0.4, -0.2) is 107 Å². The summed E-state index contributed by atoms with van der Waals surface area (Å²) < 4.78 is 21.4. The van der Waals surface area contributed by atoms with Crippen molar-refractivity contribution < 1.29 is 9.30 Å². The number of hydrogen-bond acceptors (Lipinski definition) is 11. The average Bonchev–Trinajstić information content (AvgIpc) is 3.42. The van der Waals surface area contributed by atoms with Crippen LogP contribution in [0.1, 0.15) is 18.4 Å². The van der Waals surface area contributed by atoms with Crippen LogP contribution in [0.3, 0.4) is 0 Å². The van der Waals surface area contributed by atoms with E-state index in [-0.39, 0.29) is 0 Å². The van der Waals surface area contributed by atoms with Crippen molar-refractivity contribution in [2.45, 2.75) is 31.8 Å². The Kier molecular flexibility index (Phi) is 8.58. The van der Waals surface area contributed by atoms with Gasteiger partial charge in [-0.1, -0.05) is 0 Å². The molecule has 6 rings (SSSR count). The number of ether oxygens (including phenoxy) is 1. The first-order valence-corrected chi connectivity index (χ1v) is 18.2. The first-order valence-electron chi connectivity index (χ1n) is 14.8. The van der Waals surface area contributed by atoms with Gasteiger partial charge in [0.25, 0.3) is 0 Å². The number of nitrogens with zero attached hydrogens (tertiary/aromatic N) is 8. The van der Waals surface area contributed by atoms with Gasteiger partial charge in [-0.15, -0.1) is 0 Å². The van der Waals surface area contributed by atoms with E-state index >= 15 is 0 Å². The fraction of sp³-hybridized carbons (Fsp3) is 0.467. The van der Waals surface area contributed by atoms with E-state index < -0.39 is 7.14 Å². The Morgan fingerprint density at radius 1 is 1.09 bits per heavy atom. The predicted molar refractivity (Wildman–Crippen MR) is 180 cm³/mol. The van der Waals surface area contributed by atoms with Crippen LogP contribution in [-0.2, 0) is 4.57 Å². The first kappa shape index (κ1) is 30.8. The molecule has 0 spiro atoms. The van der Waals surface area contributed by atoms with Gasteiger partial charge in [0.2, 0.25) is 5.95 Å². The summed E-state index contributed by atoms with van der Waals surface area (Å²) in [6.45, 7) is 9.98. The fourth-order valence-electron chi connectivity index (χ4n) is 6.14. The monoisotopic (exact) mass is 682 g/mol. The van der Waals surface area contributed by atoms with Gasteiger partial charge in [-0.3, -0.25) is 4.90 Å². The number of fused-ring (bicyclic) bond motifs is 1. The van der Waals surface area contributed by atoms with Crippen LogP contribution in [0.5, 0.6) is 5.75 Å². The Hall–Kier alpha value is -3.25. The highest BCUT2D eigenvalue weighted by molar-refractivity contribution is 9.10. The SMILES string of the molecule is COc1cc(N2CCC(N3CC(N(C)C)C3)CC2)c(C)cc1Nc1ncc(Br)c(Nc2ccn3ncnc3c2P(C)(C)=O)n1. The van der Waals surface area contributed by atoms with Crippen molar-refractivity contribution in [3.8, 4) is 5.75 Å². The molecule has 0 saturated carbocycles. The topological polar surface area (TPSA) is 116 Å². The highest BCUT2D eigenvalue weighted by Gasteiger charge is 2.35. The second kappa shape index (κ2) is 12.3. The highest BCUT2D eigenvalue weighted by Crippen LogP contribution is 2.41. The van der Waals surface area contributed by atoms with Crippen LogP contribution in [0.15, 0.2) is 41.4 Å². The zero-order valence-electron chi connectivity index (χ0n) is 26.1. The van der Waals surface area contributed by atoms with Crippen molar-refractivity contribution in [3.05, 3.63) is 47.0 Å². The summed E-state index contributed by atoms with van der Waals surface area (Å²) in [5.41, 5.74) is 4.34. The molecule has 2 fully saturated rings. The molecule has 0 amide bonds. The van der Waals surface area contributed by atoms with Gasteiger partial charge in [-0.05, 0) is 80.8 Å². The maximum Gasteiger partial charge on any atom is 0.229 e. The molecule has 2 aliphatic rings. The smallest absolute Gasteiger partial charge is 0.229 e. The first-order chi connectivity index (χ1) is 21.0. The molecule has 0 radical (unpaired) electrons. The summed E-state index contributed by atoms with van der Waals surface area (Å²) in [6, 6.07) is 7.39. The molecule has 4 aromatic rings. The van der Waals surface area contributed by atoms with Crippen molar-refractivity contribution in [2.75, 3.05) is 76.2 Å². The number of likely N-dealkylation sites (tertiary alicyclic amines) is 1. The molecule has 14 heteroatoms. The van der Waals surface area contributed by atoms with E-state index in [4.69, 9.17) is 9.72 Å². The molecule has 0 atom stereocenters. The van der Waals surface area contributed by atoms with Crippen LogP contribution in [0, 0.1) is 6.92 Å². The van der Waals surface area contributed by atoms with Crippen molar-refractivity contribution >= 4 is 62.9 Å². The van der Waals surface area contributed by atoms with Gasteiger partial charge in [-0.2, -0.15) is 10.1 Å². The minimum Gasteiger partial charge on any atom is -0.494 e. The third-order valence-corrected chi connectivity index (χ3v) is 10.8. The fourth-order valence-corrected chi connectivity index (χ4v) is 7.78. The predicted octanol–water partition coefficient (Wildman–Crippen LogP) is 4.55. The number of pyridine rings is 1. The zero-order chi connectivity index (χ0) is 31.2. The second-order valence-corrected chi connectivity index (χ2v) is 16.2. The summed E-state index contributed by atoms with van der Waals surface area (Å²) >= 11 is 3.56. The molecule has 0 bridgehead atoms. The maximum atomic E-state index is 13.3. The molecule has 234 valence electrons. The molecule has 1 aromatic carbocycles. The second-order valence-electron chi connectivity index (χ2n) is 12.2. The van der Waals surface area contributed by atoms with Crippen molar-refractivity contribution in [2.24, 2.45) is 0 Å². The summed E-state index contributed by atoms with van der Waals surface area (Å²) in [6.07, 6.45) is 7.25. The van der Waals surface area contributed by atoms with Crippen molar-refractivity contribution in [3.63, 3.8) is 0 Å². The number of aromatic nitrogens is 5. The number of rotatable bonds is 9. The standard InChI is InChI=1S/C30H40BrN10O2P/c1-19-13-24(26(43-4)14-25(19)39-10-7-20(8-11-39)40-16-21(17-40)38(2)3)36-30-32-15-22(31)28(37-30)35-23-9-12-41-29(33-18-34-41)27(23)44(5,6)42/h9,12-15,18,20-21H,7-8,10-11,16-17H2,1-6H3,(H2,32,35,36,37). The van der Waals surface area contributed by atoms with Crippen molar-refractivity contribution in [1.82, 2.24) is 34.4 Å². The Labute approximate surface area is 266 Å². The summed E-state index contributed by atoms with van der Waals surface area (Å²) in [5, 5.41) is 11.5. The van der Waals surface area contributed by atoms with E-state index in [0.717, 1.165) is 30.1 Å². The van der Waals surface area contributed by atoms with E-state index in [1.807, 2.05) is 6.07 Å². The number of hydrogen-bond donors (Lipinski definition) is 2. The van der Waals surface area contributed by atoms with Gasteiger partial charge in [0, 0.05) is 62.4 Å². The van der Waals surface area contributed by atoms with Crippen molar-refractivity contribution in [1.29, 1.82) is 0 Å². The third-order valence-electron chi connectivity index (χ3n) is 8.66. The van der Waals surface area contributed by atoms with E-state index in [1.54, 1.807) is 37.3 Å². The third kappa shape index (κ3) is 6.15. The molecule has 3 aromatic heterocycles. The van der Waals surface area contributed by atoms with Gasteiger partial charge in [0.15, 0.2) is 5.65 Å². The van der Waals surface area contributed by atoms with E-state index in [2.05, 4.69) is 89.5 Å². The lowest BCUT2D eigenvalue weighted by Crippen LogP contribution is -2.62. The van der Waals surface area contributed by atoms with Crippen LogP contribution >= 0.6 is 23.1 Å². The van der Waals surface area contributed by atoms with Crippen LogP contribution in [0.2, 0.25) is 0 Å². The molecule has 44 heavy (non-hydrogen) atoms. The normalized spacial score (nSPS) is 16.9. The molecule has 12 nitrogen and oxygen atoms in total. The molecule has 2 N–H and O–H groups in total. The molecule has 0 aliphatic carbocycles. The number of nitrogens with one attached hydrogen (secondary N) is 2. The van der Waals surface area contributed by atoms with Crippen LogP contribution in [0.4, 0.5) is 28.8 Å². The average molecular weight is 684 g/mol. The largest absolute Gasteiger partial charge is 0.494 e. The van der Waals surface area contributed by atoms with Gasteiger partial charge < -0.3 is 29.7 Å². The molecule has 0 unspecified atom stereocenters. The Morgan fingerprint density at radius 3 is 2.52 bits per heavy atom. The minimum atomic E-state index is -2.72. The molecular weight excluding hydrogens is 643 g/mol. The lowest BCUT2D eigenvalue weighted by Gasteiger charge is -2.49. The maximum absolute atomic E-state index is 13.3. The Balaban J connectivity index is 1.19. The van der Waals surface area contributed by atoms with Gasteiger partial charge in [-0.25, -0.2) is 14.5 Å². The molecule has 5 heterocycles. The number of halogens is 1. The number of anilines is 5. The summed E-state index contributed by atoms with van der Waals surface area (Å²) in [4.78, 5) is 21.0. The summed E-state index contributed by atoms with van der Waals surface area (Å²) in [7, 11) is 3.31. The lowest BCUT2D eigenvalue weighted by molar-refractivity contribution is 0.0188. The number of likely N-dealkylation sites (N-methyl/N-ethyl adjacent to an activating group) is 1. The molecule has 2 saturated heterocycles. The van der Waals surface area contributed by atoms with E-state index in [9.17, 15) is 4.57 Å². The van der Waals surface area contributed by atoms with Gasteiger partial charge in [0.05, 0.1) is 28.3 Å².